The molecule has 4 nitrogen and oxygen atoms in total. The maximum Gasteiger partial charge on any atom is 0.201 e. The first-order chi connectivity index (χ1) is 10.1. The highest BCUT2D eigenvalue weighted by Crippen LogP contribution is 2.25. The Morgan fingerprint density at radius 2 is 2.10 bits per heavy atom. The minimum atomic E-state index is -0.460. The smallest absolute Gasteiger partial charge is 0.201 e. The Morgan fingerprint density at radius 3 is 2.86 bits per heavy atom. The number of nitrogens with zero attached hydrogens (tertiary/aromatic N) is 2. The van der Waals surface area contributed by atoms with Crippen LogP contribution in [-0.2, 0) is 11.3 Å². The molecule has 0 amide bonds. The summed E-state index contributed by atoms with van der Waals surface area (Å²) in [6.45, 7) is 1.13. The lowest BCUT2D eigenvalue weighted by atomic mass is 9.98. The maximum absolute atomic E-state index is 13.6. The molecule has 0 aliphatic heterocycles. The molecule has 1 aliphatic carbocycles. The van der Waals surface area contributed by atoms with Gasteiger partial charge in [0.15, 0.2) is 0 Å². The number of nitrogen functional groups attached to an aromatic ring is 1. The van der Waals surface area contributed by atoms with Crippen molar-refractivity contribution in [3.63, 3.8) is 0 Å². The van der Waals surface area contributed by atoms with Crippen LogP contribution in [0, 0.1) is 5.82 Å². The highest BCUT2D eigenvalue weighted by molar-refractivity contribution is 6.31. The van der Waals surface area contributed by atoms with E-state index in [0.717, 1.165) is 12.8 Å². The van der Waals surface area contributed by atoms with Gasteiger partial charge in [0.2, 0.25) is 5.95 Å². The second-order valence-corrected chi connectivity index (χ2v) is 5.91. The molecule has 0 unspecified atom stereocenters. The maximum atomic E-state index is 13.6. The third-order valence-corrected chi connectivity index (χ3v) is 4.33. The van der Waals surface area contributed by atoms with E-state index < -0.39 is 5.82 Å². The third-order valence-electron chi connectivity index (χ3n) is 4.04. The van der Waals surface area contributed by atoms with Crippen LogP contribution in [0.4, 0.5) is 10.3 Å². The van der Waals surface area contributed by atoms with E-state index in [1.54, 1.807) is 4.57 Å². The lowest BCUT2D eigenvalue weighted by Gasteiger charge is -2.22. The zero-order chi connectivity index (χ0) is 14.8. The van der Waals surface area contributed by atoms with Gasteiger partial charge in [0, 0.05) is 12.6 Å². The lowest BCUT2D eigenvalue weighted by molar-refractivity contribution is 0.0246. The normalized spacial score (nSPS) is 16.7. The van der Waals surface area contributed by atoms with Crippen LogP contribution in [0.1, 0.15) is 32.1 Å². The van der Waals surface area contributed by atoms with Crippen LogP contribution in [0.15, 0.2) is 12.1 Å². The van der Waals surface area contributed by atoms with Gasteiger partial charge in [0.25, 0.3) is 0 Å². The van der Waals surface area contributed by atoms with E-state index in [0.29, 0.717) is 36.2 Å². The highest BCUT2D eigenvalue weighted by atomic mass is 35.5. The average molecular weight is 312 g/mol. The molecule has 1 fully saturated rings. The summed E-state index contributed by atoms with van der Waals surface area (Å²) in [5.74, 6) is -0.0996. The van der Waals surface area contributed by atoms with Crippen molar-refractivity contribution in [3.8, 4) is 0 Å². The fourth-order valence-electron chi connectivity index (χ4n) is 2.92. The van der Waals surface area contributed by atoms with Gasteiger partial charge in [-0.15, -0.1) is 0 Å². The van der Waals surface area contributed by atoms with Crippen molar-refractivity contribution < 1.29 is 9.13 Å². The van der Waals surface area contributed by atoms with Gasteiger partial charge >= 0.3 is 0 Å². The largest absolute Gasteiger partial charge is 0.376 e. The minimum absolute atomic E-state index is 0.0607. The number of anilines is 1. The van der Waals surface area contributed by atoms with Crippen molar-refractivity contribution in [1.29, 1.82) is 0 Å². The zero-order valence-electron chi connectivity index (χ0n) is 11.8. The molecule has 0 saturated heterocycles. The molecule has 2 aromatic rings. The van der Waals surface area contributed by atoms with Gasteiger partial charge in [-0.1, -0.05) is 30.9 Å². The molecule has 1 aromatic carbocycles. The van der Waals surface area contributed by atoms with Crippen LogP contribution in [0.3, 0.4) is 0 Å². The van der Waals surface area contributed by atoms with Crippen LogP contribution in [0.5, 0.6) is 0 Å². The summed E-state index contributed by atoms with van der Waals surface area (Å²) in [4.78, 5) is 4.21. The standard InChI is InChI=1S/C15H19ClFN3O/c16-11-8-13-14(9-12(11)17)20(15(18)19-13)6-7-21-10-4-2-1-3-5-10/h8-10H,1-7H2,(H2,18,19). The Kier molecular flexibility index (Phi) is 4.31. The molecule has 0 bridgehead atoms. The number of halogens is 2. The van der Waals surface area contributed by atoms with Gasteiger partial charge < -0.3 is 15.0 Å². The molecule has 2 N–H and O–H groups in total. The number of imidazole rings is 1. The molecule has 3 rings (SSSR count). The Hall–Kier alpha value is -1.33. The van der Waals surface area contributed by atoms with Gasteiger partial charge in [0.05, 0.1) is 28.8 Å². The fourth-order valence-corrected chi connectivity index (χ4v) is 3.07. The number of nitrogens with two attached hydrogens (primary N) is 1. The summed E-state index contributed by atoms with van der Waals surface area (Å²) >= 11 is 5.77. The van der Waals surface area contributed by atoms with Crippen molar-refractivity contribution in [2.24, 2.45) is 0 Å². The Balaban J connectivity index is 1.71. The van der Waals surface area contributed by atoms with E-state index in [-0.39, 0.29) is 5.02 Å². The minimum Gasteiger partial charge on any atom is -0.376 e. The Labute approximate surface area is 128 Å². The monoisotopic (exact) mass is 311 g/mol. The van der Waals surface area contributed by atoms with Crippen LogP contribution >= 0.6 is 11.6 Å². The topological polar surface area (TPSA) is 53.1 Å². The summed E-state index contributed by atoms with van der Waals surface area (Å²) in [7, 11) is 0. The number of rotatable bonds is 4. The number of fused-ring (bicyclic) bond motifs is 1. The van der Waals surface area contributed by atoms with Crippen molar-refractivity contribution in [3.05, 3.63) is 23.0 Å². The van der Waals surface area contributed by atoms with E-state index >= 15 is 0 Å². The van der Waals surface area contributed by atoms with Crippen molar-refractivity contribution in [2.75, 3.05) is 12.3 Å². The lowest BCUT2D eigenvalue weighted by Crippen LogP contribution is -2.19. The second-order valence-electron chi connectivity index (χ2n) is 5.51. The van der Waals surface area contributed by atoms with E-state index in [1.165, 1.54) is 31.4 Å². The predicted octanol–water partition coefficient (Wildman–Crippen LogP) is 3.76. The number of benzene rings is 1. The highest BCUT2D eigenvalue weighted by Gasteiger charge is 2.15. The van der Waals surface area contributed by atoms with E-state index in [1.807, 2.05) is 0 Å². The fraction of sp³-hybridized carbons (Fsp3) is 0.533. The second kappa shape index (κ2) is 6.20. The zero-order valence-corrected chi connectivity index (χ0v) is 12.6. The Morgan fingerprint density at radius 1 is 1.33 bits per heavy atom. The number of hydrogen-bond acceptors (Lipinski definition) is 3. The number of aromatic nitrogens is 2. The average Bonchev–Trinajstić information content (AvgIpc) is 2.76. The summed E-state index contributed by atoms with van der Waals surface area (Å²) < 4.78 is 21.3. The van der Waals surface area contributed by atoms with Crippen LogP contribution in [0.25, 0.3) is 11.0 Å². The molecule has 21 heavy (non-hydrogen) atoms. The van der Waals surface area contributed by atoms with Crippen LogP contribution < -0.4 is 5.73 Å². The molecule has 0 spiro atoms. The molecule has 0 radical (unpaired) electrons. The van der Waals surface area contributed by atoms with Crippen molar-refractivity contribution >= 4 is 28.6 Å². The predicted molar refractivity (Wildman–Crippen MR) is 81.9 cm³/mol. The van der Waals surface area contributed by atoms with Crippen molar-refractivity contribution in [2.45, 2.75) is 44.8 Å². The van der Waals surface area contributed by atoms with Crippen molar-refractivity contribution in [1.82, 2.24) is 9.55 Å². The van der Waals surface area contributed by atoms with Gasteiger partial charge in [0.1, 0.15) is 5.82 Å². The molecule has 0 atom stereocenters. The first kappa shape index (κ1) is 14.6. The van der Waals surface area contributed by atoms with Crippen LogP contribution in [-0.4, -0.2) is 22.3 Å². The molecule has 114 valence electrons. The molecular weight excluding hydrogens is 293 g/mol. The van der Waals surface area contributed by atoms with E-state index in [4.69, 9.17) is 22.1 Å². The number of hydrogen-bond donors (Lipinski definition) is 1. The first-order valence-electron chi connectivity index (χ1n) is 7.37. The van der Waals surface area contributed by atoms with Gasteiger partial charge in [-0.2, -0.15) is 0 Å². The Bertz CT molecular complexity index is 637. The van der Waals surface area contributed by atoms with E-state index in [2.05, 4.69) is 4.98 Å². The molecule has 1 saturated carbocycles. The summed E-state index contributed by atoms with van der Waals surface area (Å²) in [6.07, 6.45) is 6.39. The molecule has 1 aromatic heterocycles. The third kappa shape index (κ3) is 3.14. The summed E-state index contributed by atoms with van der Waals surface area (Å²) in [5.41, 5.74) is 7.17. The van der Waals surface area contributed by atoms with Gasteiger partial charge in [-0.3, -0.25) is 0 Å². The van der Waals surface area contributed by atoms with Crippen LogP contribution in [0.2, 0.25) is 5.02 Å². The molecule has 1 aliphatic rings. The van der Waals surface area contributed by atoms with E-state index in [9.17, 15) is 4.39 Å². The van der Waals surface area contributed by atoms with Gasteiger partial charge in [-0.05, 0) is 18.9 Å². The molecular formula is C15H19ClFN3O. The molecule has 6 heteroatoms. The first-order valence-corrected chi connectivity index (χ1v) is 7.75. The SMILES string of the molecule is Nc1nc2cc(Cl)c(F)cc2n1CCOC1CCCCC1. The summed E-state index contributed by atoms with van der Waals surface area (Å²) in [6, 6.07) is 2.88. The molecule has 1 heterocycles. The van der Waals surface area contributed by atoms with Gasteiger partial charge in [-0.25, -0.2) is 9.37 Å². The quantitative estimate of drug-likeness (QED) is 0.935. The number of ether oxygens (including phenoxy) is 1. The summed E-state index contributed by atoms with van der Waals surface area (Å²) in [5, 5.41) is 0.0607.